The molecule has 4 nitrogen and oxygen atoms in total. The highest BCUT2D eigenvalue weighted by atomic mass is 32.1. The van der Waals surface area contributed by atoms with Gasteiger partial charge >= 0.3 is 0 Å². The van der Waals surface area contributed by atoms with Crippen LogP contribution in [0.1, 0.15) is 11.1 Å². The van der Waals surface area contributed by atoms with Gasteiger partial charge in [0.1, 0.15) is 5.82 Å². The number of aryl methyl sites for hydroxylation is 2. The van der Waals surface area contributed by atoms with Crippen molar-refractivity contribution in [1.82, 2.24) is 9.88 Å². The predicted octanol–water partition coefficient (Wildman–Crippen LogP) is 5.09. The van der Waals surface area contributed by atoms with Crippen molar-refractivity contribution in [2.75, 3.05) is 36.4 Å². The zero-order valence-corrected chi connectivity index (χ0v) is 18.1. The van der Waals surface area contributed by atoms with Crippen molar-refractivity contribution in [3.05, 3.63) is 64.8 Å². The van der Waals surface area contributed by atoms with Gasteiger partial charge in [0.05, 0.1) is 5.69 Å². The molecule has 0 saturated carbocycles. The number of anilines is 2. The van der Waals surface area contributed by atoms with Crippen molar-refractivity contribution in [2.45, 2.75) is 13.8 Å². The normalized spacial score (nSPS) is 14.2. The molecule has 0 aliphatic carbocycles. The van der Waals surface area contributed by atoms with E-state index in [2.05, 4.69) is 47.2 Å². The third-order valence-corrected chi connectivity index (χ3v) is 6.35. The molecule has 150 valence electrons. The number of aromatic nitrogens is 1. The number of rotatable bonds is 3. The molecule has 29 heavy (non-hydrogen) atoms. The molecule has 1 aliphatic heterocycles. The van der Waals surface area contributed by atoms with Crippen molar-refractivity contribution >= 4 is 39.5 Å². The van der Waals surface area contributed by atoms with Crippen molar-refractivity contribution < 1.29 is 4.39 Å². The van der Waals surface area contributed by atoms with Crippen LogP contribution in [-0.4, -0.2) is 41.2 Å². The van der Waals surface area contributed by atoms with Crippen LogP contribution in [0.25, 0.3) is 11.3 Å². The Hall–Kier alpha value is -2.51. The first-order chi connectivity index (χ1) is 14.0. The first-order valence-electron chi connectivity index (χ1n) is 9.59. The fourth-order valence-corrected chi connectivity index (χ4v) is 4.59. The monoisotopic (exact) mass is 426 g/mol. The number of thiocarbonyl (C=S) groups is 1. The highest BCUT2D eigenvalue weighted by Gasteiger charge is 2.21. The first-order valence-corrected chi connectivity index (χ1v) is 10.9. The zero-order chi connectivity index (χ0) is 20.4. The van der Waals surface area contributed by atoms with Gasteiger partial charge in [-0.1, -0.05) is 17.7 Å². The van der Waals surface area contributed by atoms with Gasteiger partial charge in [0.2, 0.25) is 0 Å². The first kappa shape index (κ1) is 19.8. The van der Waals surface area contributed by atoms with Crippen LogP contribution < -0.4 is 10.2 Å². The van der Waals surface area contributed by atoms with E-state index in [1.807, 2.05) is 5.38 Å². The topological polar surface area (TPSA) is 31.4 Å². The zero-order valence-electron chi connectivity index (χ0n) is 16.5. The lowest BCUT2D eigenvalue weighted by atomic mass is 10.1. The number of hydrogen-bond donors (Lipinski definition) is 1. The molecule has 4 rings (SSSR count). The molecule has 0 radical (unpaired) electrons. The second kappa shape index (κ2) is 8.47. The lowest BCUT2D eigenvalue weighted by molar-refractivity contribution is 0.390. The van der Waals surface area contributed by atoms with Gasteiger partial charge in [-0.25, -0.2) is 9.37 Å². The van der Waals surface area contributed by atoms with Crippen LogP contribution in [0.4, 0.5) is 15.2 Å². The molecular formula is C22H23FN4S2. The minimum absolute atomic E-state index is 0.231. The number of nitrogens with zero attached hydrogens (tertiary/aromatic N) is 3. The standard InChI is InChI=1S/C22H23FN4S2/c1-15-3-8-19(16(2)13-15)24-21(28)26-9-11-27(12-10-26)22-25-20(14-29-22)17-4-6-18(23)7-5-17/h3-8,13-14H,9-12H2,1-2H3,(H,24,28). The number of benzene rings is 2. The Morgan fingerprint density at radius 1 is 1.07 bits per heavy atom. The van der Waals surface area contributed by atoms with E-state index >= 15 is 0 Å². The second-order valence-electron chi connectivity index (χ2n) is 7.24. The molecule has 2 heterocycles. The largest absolute Gasteiger partial charge is 0.345 e. The number of hydrogen-bond acceptors (Lipinski definition) is 4. The van der Waals surface area contributed by atoms with Gasteiger partial charge in [0, 0.05) is 42.8 Å². The quantitative estimate of drug-likeness (QED) is 0.590. The summed E-state index contributed by atoms with van der Waals surface area (Å²) < 4.78 is 13.1. The Labute approximate surface area is 180 Å². The summed E-state index contributed by atoms with van der Waals surface area (Å²) >= 11 is 7.26. The summed E-state index contributed by atoms with van der Waals surface area (Å²) in [4.78, 5) is 9.24. The summed E-state index contributed by atoms with van der Waals surface area (Å²) in [6.45, 7) is 7.62. The summed E-state index contributed by atoms with van der Waals surface area (Å²) in [6, 6.07) is 12.8. The smallest absolute Gasteiger partial charge is 0.185 e. The molecule has 0 amide bonds. The number of piperazine rings is 1. The second-order valence-corrected chi connectivity index (χ2v) is 8.47. The van der Waals surface area contributed by atoms with E-state index in [9.17, 15) is 4.39 Å². The molecule has 0 unspecified atom stereocenters. The van der Waals surface area contributed by atoms with Gasteiger partial charge in [-0.3, -0.25) is 0 Å². The molecule has 1 saturated heterocycles. The number of halogens is 1. The number of nitrogens with one attached hydrogen (secondary N) is 1. The maximum Gasteiger partial charge on any atom is 0.185 e. The predicted molar refractivity (Wildman–Crippen MR) is 123 cm³/mol. The molecule has 1 N–H and O–H groups in total. The van der Waals surface area contributed by atoms with Crippen molar-refractivity contribution in [2.24, 2.45) is 0 Å². The van der Waals surface area contributed by atoms with Crippen molar-refractivity contribution in [3.8, 4) is 11.3 Å². The summed E-state index contributed by atoms with van der Waals surface area (Å²) in [5, 5.41) is 7.18. The molecule has 1 aliphatic rings. The minimum atomic E-state index is -0.231. The molecule has 0 spiro atoms. The van der Waals surface area contributed by atoms with Crippen LogP contribution in [0.15, 0.2) is 47.8 Å². The van der Waals surface area contributed by atoms with E-state index in [-0.39, 0.29) is 5.82 Å². The summed E-state index contributed by atoms with van der Waals surface area (Å²) in [5.41, 5.74) is 5.33. The molecule has 1 fully saturated rings. The molecule has 0 bridgehead atoms. The van der Waals surface area contributed by atoms with Crippen LogP contribution in [0, 0.1) is 19.7 Å². The van der Waals surface area contributed by atoms with Crippen LogP contribution >= 0.6 is 23.6 Å². The van der Waals surface area contributed by atoms with Crippen molar-refractivity contribution in [3.63, 3.8) is 0 Å². The van der Waals surface area contributed by atoms with E-state index in [1.54, 1.807) is 23.5 Å². The molecule has 1 aromatic heterocycles. The Morgan fingerprint density at radius 2 is 1.79 bits per heavy atom. The Morgan fingerprint density at radius 3 is 2.48 bits per heavy atom. The average Bonchev–Trinajstić information content (AvgIpc) is 3.21. The molecule has 7 heteroatoms. The molecule has 3 aromatic rings. The lowest BCUT2D eigenvalue weighted by Crippen LogP contribution is -2.50. The van der Waals surface area contributed by atoms with Gasteiger partial charge in [0.25, 0.3) is 0 Å². The Bertz CT molecular complexity index is 1010. The van der Waals surface area contributed by atoms with Crippen LogP contribution in [0.5, 0.6) is 0 Å². The highest BCUT2D eigenvalue weighted by molar-refractivity contribution is 7.80. The lowest BCUT2D eigenvalue weighted by Gasteiger charge is -2.36. The fraction of sp³-hybridized carbons (Fsp3) is 0.273. The maximum absolute atomic E-state index is 13.1. The van der Waals surface area contributed by atoms with Crippen molar-refractivity contribution in [1.29, 1.82) is 0 Å². The van der Waals surface area contributed by atoms with E-state index in [0.29, 0.717) is 0 Å². The van der Waals surface area contributed by atoms with Gasteiger partial charge in [-0.05, 0) is 62.0 Å². The van der Waals surface area contributed by atoms with Crippen LogP contribution in [0.3, 0.4) is 0 Å². The summed E-state index contributed by atoms with van der Waals surface area (Å²) in [7, 11) is 0. The van der Waals surface area contributed by atoms with E-state index in [1.165, 1.54) is 23.3 Å². The third-order valence-electron chi connectivity index (χ3n) is 5.09. The summed E-state index contributed by atoms with van der Waals surface area (Å²) in [5.74, 6) is -0.231. The summed E-state index contributed by atoms with van der Waals surface area (Å²) in [6.07, 6.45) is 0. The SMILES string of the molecule is Cc1ccc(NC(=S)N2CCN(c3nc(-c4ccc(F)cc4)cs3)CC2)c(C)c1. The Balaban J connectivity index is 1.35. The van der Waals surface area contributed by atoms with E-state index in [0.717, 1.165) is 53.4 Å². The third kappa shape index (κ3) is 4.57. The van der Waals surface area contributed by atoms with Gasteiger partial charge in [-0.15, -0.1) is 11.3 Å². The average molecular weight is 427 g/mol. The highest BCUT2D eigenvalue weighted by Crippen LogP contribution is 2.28. The van der Waals surface area contributed by atoms with Crippen LogP contribution in [0.2, 0.25) is 0 Å². The minimum Gasteiger partial charge on any atom is -0.345 e. The van der Waals surface area contributed by atoms with Gasteiger partial charge in [-0.2, -0.15) is 0 Å². The van der Waals surface area contributed by atoms with Crippen LogP contribution in [-0.2, 0) is 0 Å². The fourth-order valence-electron chi connectivity index (χ4n) is 3.41. The molecular weight excluding hydrogens is 403 g/mol. The molecule has 2 aromatic carbocycles. The van der Waals surface area contributed by atoms with E-state index < -0.39 is 0 Å². The maximum atomic E-state index is 13.1. The Kier molecular flexibility index (Phi) is 5.78. The molecule has 0 atom stereocenters. The van der Waals surface area contributed by atoms with Gasteiger partial charge < -0.3 is 15.1 Å². The number of thiazole rings is 1. The van der Waals surface area contributed by atoms with E-state index in [4.69, 9.17) is 17.2 Å². The van der Waals surface area contributed by atoms with Gasteiger partial charge in [0.15, 0.2) is 10.2 Å².